The lowest BCUT2D eigenvalue weighted by molar-refractivity contribution is -0.143. The highest BCUT2D eigenvalue weighted by Crippen LogP contribution is 2.42. The second kappa shape index (κ2) is 9.73. The first kappa shape index (κ1) is 25.8. The predicted molar refractivity (Wildman–Crippen MR) is 155 cm³/mol. The molecule has 1 saturated carbocycles. The number of imidazole rings is 1. The van der Waals surface area contributed by atoms with Gasteiger partial charge in [0.25, 0.3) is 0 Å². The number of nitrogens with one attached hydrogen (secondary N) is 1. The number of likely N-dealkylation sites (tertiary alicyclic amines) is 1. The van der Waals surface area contributed by atoms with Gasteiger partial charge in [-0.1, -0.05) is 13.8 Å². The minimum atomic E-state index is -0.00349. The minimum Gasteiger partial charge on any atom is -0.492 e. The van der Waals surface area contributed by atoms with Crippen LogP contribution in [0.2, 0.25) is 0 Å². The van der Waals surface area contributed by atoms with Crippen LogP contribution in [0.5, 0.6) is 5.75 Å². The molecule has 7 rings (SSSR count). The third-order valence-electron chi connectivity index (χ3n) is 10.00. The topological polar surface area (TPSA) is 89.7 Å². The number of piperidine rings is 1. The predicted octanol–water partition coefficient (Wildman–Crippen LogP) is 5.08. The molecule has 40 heavy (non-hydrogen) atoms. The molecule has 3 aliphatic rings. The molecule has 0 amide bonds. The van der Waals surface area contributed by atoms with Crippen molar-refractivity contribution in [2.45, 2.75) is 77.3 Å². The summed E-state index contributed by atoms with van der Waals surface area (Å²) in [5.41, 5.74) is 7.41. The molecule has 1 aliphatic carbocycles. The molecular weight excluding hydrogens is 504 g/mol. The van der Waals surface area contributed by atoms with Crippen molar-refractivity contribution in [3.8, 4) is 16.9 Å². The van der Waals surface area contributed by atoms with E-state index in [4.69, 9.17) is 9.47 Å². The van der Waals surface area contributed by atoms with Gasteiger partial charge in [0.1, 0.15) is 6.33 Å². The molecule has 0 radical (unpaired) electrons. The number of nitrogens with zero attached hydrogens (tertiary/aromatic N) is 5. The van der Waals surface area contributed by atoms with Gasteiger partial charge >= 0.3 is 5.69 Å². The van der Waals surface area contributed by atoms with Gasteiger partial charge in [0.05, 0.1) is 31.4 Å². The van der Waals surface area contributed by atoms with Crippen LogP contribution in [0.4, 0.5) is 0 Å². The third kappa shape index (κ3) is 4.08. The normalized spacial score (nSPS) is 23.3. The van der Waals surface area contributed by atoms with Gasteiger partial charge in [-0.05, 0) is 87.7 Å². The van der Waals surface area contributed by atoms with Crippen LogP contribution < -0.4 is 10.4 Å². The maximum absolute atomic E-state index is 13.4. The fourth-order valence-electron chi connectivity index (χ4n) is 7.52. The highest BCUT2D eigenvalue weighted by Gasteiger charge is 2.42. The van der Waals surface area contributed by atoms with Crippen molar-refractivity contribution in [3.05, 3.63) is 46.3 Å². The lowest BCUT2D eigenvalue weighted by atomic mass is 9.76. The molecule has 0 atom stereocenters. The minimum absolute atomic E-state index is 0.00349. The zero-order chi connectivity index (χ0) is 27.6. The Hall–Kier alpha value is -3.17. The highest BCUT2D eigenvalue weighted by atomic mass is 16.5. The van der Waals surface area contributed by atoms with Crippen LogP contribution in [0.1, 0.15) is 75.5 Å². The van der Waals surface area contributed by atoms with Crippen molar-refractivity contribution in [1.29, 1.82) is 0 Å². The standard InChI is InChI=1S/C31H40N6O3/c1-19(2)23-14-27-26(13-24(23)25-15-36-29(32-18-33-36)28(39-4)20(25)3)34-30(38)37(27)22-7-5-21(6-8-22)35-11-9-31(10-12-35)16-40-17-31/h13-15,18-19,21-22H,5-12,16-17H2,1-4H3,(H,34,38). The third-order valence-corrected chi connectivity index (χ3v) is 10.00. The number of pyridine rings is 1. The van der Waals surface area contributed by atoms with Crippen molar-refractivity contribution in [1.82, 2.24) is 29.0 Å². The van der Waals surface area contributed by atoms with Gasteiger partial charge in [-0.15, -0.1) is 0 Å². The van der Waals surface area contributed by atoms with Crippen LogP contribution in [0.15, 0.2) is 29.5 Å². The number of benzene rings is 1. The first-order chi connectivity index (χ1) is 19.4. The number of hydrogen-bond acceptors (Lipinski definition) is 6. The van der Waals surface area contributed by atoms with E-state index in [9.17, 15) is 4.79 Å². The summed E-state index contributed by atoms with van der Waals surface area (Å²) in [6, 6.07) is 5.25. The number of aromatic nitrogens is 5. The van der Waals surface area contributed by atoms with Crippen LogP contribution >= 0.6 is 0 Å². The average molecular weight is 545 g/mol. The Morgan fingerprint density at radius 2 is 1.80 bits per heavy atom. The van der Waals surface area contributed by atoms with E-state index in [0.29, 0.717) is 17.1 Å². The van der Waals surface area contributed by atoms with Crippen molar-refractivity contribution in [3.63, 3.8) is 0 Å². The molecule has 0 bridgehead atoms. The quantitative estimate of drug-likeness (QED) is 0.377. The number of rotatable bonds is 5. The number of hydrogen-bond donors (Lipinski definition) is 1. The summed E-state index contributed by atoms with van der Waals surface area (Å²) in [7, 11) is 1.67. The molecule has 3 aromatic heterocycles. The van der Waals surface area contributed by atoms with E-state index >= 15 is 0 Å². The Balaban J connectivity index is 1.19. The molecule has 9 heteroatoms. The number of ether oxygens (including phenoxy) is 2. The van der Waals surface area contributed by atoms with Gasteiger partial charge < -0.3 is 19.4 Å². The van der Waals surface area contributed by atoms with E-state index in [1.807, 2.05) is 10.8 Å². The Kier molecular flexibility index (Phi) is 6.27. The zero-order valence-electron chi connectivity index (χ0n) is 24.1. The average Bonchev–Trinajstić information content (AvgIpc) is 3.54. The lowest BCUT2D eigenvalue weighted by Gasteiger charge is -2.49. The van der Waals surface area contributed by atoms with Gasteiger partial charge in [0, 0.05) is 34.8 Å². The summed E-state index contributed by atoms with van der Waals surface area (Å²) in [6.45, 7) is 10.8. The van der Waals surface area contributed by atoms with Crippen molar-refractivity contribution < 1.29 is 9.47 Å². The van der Waals surface area contributed by atoms with Crippen LogP contribution in [0, 0.1) is 12.3 Å². The number of fused-ring (bicyclic) bond motifs is 2. The molecule has 1 aromatic carbocycles. The lowest BCUT2D eigenvalue weighted by Crippen LogP contribution is -2.53. The Morgan fingerprint density at radius 3 is 2.45 bits per heavy atom. The second-order valence-corrected chi connectivity index (χ2v) is 12.6. The summed E-state index contributed by atoms with van der Waals surface area (Å²) >= 11 is 0. The summed E-state index contributed by atoms with van der Waals surface area (Å²) in [5.74, 6) is 0.992. The van der Waals surface area contributed by atoms with Crippen molar-refractivity contribution in [2.24, 2.45) is 5.41 Å². The van der Waals surface area contributed by atoms with Gasteiger partial charge in [0.2, 0.25) is 0 Å². The maximum atomic E-state index is 13.4. The number of aromatic amines is 1. The summed E-state index contributed by atoms with van der Waals surface area (Å²) in [5, 5.41) is 4.38. The van der Waals surface area contributed by atoms with Gasteiger partial charge in [0.15, 0.2) is 11.4 Å². The summed E-state index contributed by atoms with van der Waals surface area (Å²) in [4.78, 5) is 23.7. The smallest absolute Gasteiger partial charge is 0.326 e. The molecule has 3 fully saturated rings. The molecule has 4 aromatic rings. The first-order valence-corrected chi connectivity index (χ1v) is 14.8. The van der Waals surface area contributed by atoms with Crippen LogP contribution in [0.25, 0.3) is 27.8 Å². The molecule has 212 valence electrons. The van der Waals surface area contributed by atoms with Gasteiger partial charge in [-0.2, -0.15) is 5.10 Å². The van der Waals surface area contributed by atoms with Crippen molar-refractivity contribution >= 4 is 16.7 Å². The van der Waals surface area contributed by atoms with E-state index in [0.717, 1.165) is 72.4 Å². The second-order valence-electron chi connectivity index (χ2n) is 12.6. The molecular formula is C31H40N6O3. The Bertz CT molecular complexity index is 1610. The molecule has 1 spiro atoms. The monoisotopic (exact) mass is 544 g/mol. The zero-order valence-corrected chi connectivity index (χ0v) is 24.1. The number of H-pyrrole nitrogens is 1. The molecule has 1 N–H and O–H groups in total. The fourth-order valence-corrected chi connectivity index (χ4v) is 7.52. The molecule has 5 heterocycles. The van der Waals surface area contributed by atoms with Crippen LogP contribution in [-0.4, -0.2) is 68.5 Å². The maximum Gasteiger partial charge on any atom is 0.326 e. The van der Waals surface area contributed by atoms with Gasteiger partial charge in [-0.3, -0.25) is 4.57 Å². The highest BCUT2D eigenvalue weighted by molar-refractivity contribution is 5.87. The Labute approximate surface area is 234 Å². The number of methoxy groups -OCH3 is 1. The summed E-state index contributed by atoms with van der Waals surface area (Å²) in [6.07, 6.45) is 10.5. The largest absolute Gasteiger partial charge is 0.492 e. The fraction of sp³-hybridized carbons (Fsp3) is 0.581. The molecule has 2 saturated heterocycles. The van der Waals surface area contributed by atoms with E-state index < -0.39 is 0 Å². The van der Waals surface area contributed by atoms with Gasteiger partial charge in [-0.25, -0.2) is 14.3 Å². The first-order valence-electron chi connectivity index (χ1n) is 14.8. The van der Waals surface area contributed by atoms with Crippen LogP contribution in [-0.2, 0) is 4.74 Å². The molecule has 2 aliphatic heterocycles. The summed E-state index contributed by atoms with van der Waals surface area (Å²) < 4.78 is 15.1. The van der Waals surface area contributed by atoms with Crippen molar-refractivity contribution in [2.75, 3.05) is 33.4 Å². The van der Waals surface area contributed by atoms with Crippen LogP contribution in [0.3, 0.4) is 0 Å². The molecule has 0 unspecified atom stereocenters. The van der Waals surface area contributed by atoms with E-state index in [1.165, 1.54) is 31.5 Å². The van der Waals surface area contributed by atoms with E-state index in [-0.39, 0.29) is 17.6 Å². The molecule has 9 nitrogen and oxygen atoms in total. The Morgan fingerprint density at radius 1 is 1.07 bits per heavy atom. The van der Waals surface area contributed by atoms with E-state index in [1.54, 1.807) is 18.0 Å². The van der Waals surface area contributed by atoms with E-state index in [2.05, 4.69) is 52.9 Å². The SMILES string of the molecule is COc1c(C)c(-c2cc3[nH]c(=O)n(C4CCC(N5CCC6(CC5)COC6)CC4)c3cc2C(C)C)cn2ncnc12.